The topological polar surface area (TPSA) is 85.9 Å². The Hall–Kier alpha value is -3.13. The number of hydrogen-bond acceptors (Lipinski definition) is 5. The van der Waals surface area contributed by atoms with E-state index in [4.69, 9.17) is 14.2 Å². The van der Waals surface area contributed by atoms with E-state index < -0.39 is 23.9 Å². The van der Waals surface area contributed by atoms with E-state index in [9.17, 15) is 14.0 Å². The summed E-state index contributed by atoms with van der Waals surface area (Å²) in [5, 5.41) is 5.43. The lowest BCUT2D eigenvalue weighted by molar-refractivity contribution is -0.148. The van der Waals surface area contributed by atoms with Crippen LogP contribution in [0.2, 0.25) is 0 Å². The lowest BCUT2D eigenvalue weighted by atomic mass is 9.98. The number of hydrogen-bond donors (Lipinski definition) is 2. The van der Waals surface area contributed by atoms with Crippen molar-refractivity contribution in [3.05, 3.63) is 59.4 Å². The second-order valence-corrected chi connectivity index (χ2v) is 6.20. The summed E-state index contributed by atoms with van der Waals surface area (Å²) in [6, 6.07) is 10.5. The first-order chi connectivity index (χ1) is 13.5. The number of nitrogens with one attached hydrogen (secondary N) is 2. The quantitative estimate of drug-likeness (QED) is 0.787. The summed E-state index contributed by atoms with van der Waals surface area (Å²) in [5.41, 5.74) is 0.982. The molecule has 148 valence electrons. The van der Waals surface area contributed by atoms with Crippen LogP contribution in [0.4, 0.5) is 4.39 Å². The van der Waals surface area contributed by atoms with Gasteiger partial charge in [0.05, 0.1) is 20.3 Å². The number of rotatable bonds is 6. The number of amides is 2. The molecular formula is C20H21FN2O5. The fraction of sp³-hybridized carbons (Fsp3) is 0.300. The maximum Gasteiger partial charge on any atom is 0.251 e. The number of halogens is 1. The molecule has 0 aromatic heterocycles. The van der Waals surface area contributed by atoms with Crippen LogP contribution < -0.4 is 20.1 Å². The van der Waals surface area contributed by atoms with E-state index >= 15 is 0 Å². The van der Waals surface area contributed by atoms with Gasteiger partial charge in [-0.3, -0.25) is 9.59 Å². The first-order valence-corrected chi connectivity index (χ1v) is 8.67. The van der Waals surface area contributed by atoms with Gasteiger partial charge in [-0.15, -0.1) is 0 Å². The minimum Gasteiger partial charge on any atom is -0.493 e. The van der Waals surface area contributed by atoms with Crippen LogP contribution in [0.5, 0.6) is 11.5 Å². The van der Waals surface area contributed by atoms with Crippen LogP contribution >= 0.6 is 0 Å². The molecule has 0 saturated carbocycles. The molecule has 2 atom stereocenters. The average Bonchev–Trinajstić information content (AvgIpc) is 2.72. The van der Waals surface area contributed by atoms with Crippen molar-refractivity contribution in [2.45, 2.75) is 18.7 Å². The molecule has 28 heavy (non-hydrogen) atoms. The molecule has 7 nitrogen and oxygen atoms in total. The van der Waals surface area contributed by atoms with Crippen LogP contribution in [0, 0.1) is 5.82 Å². The van der Waals surface area contributed by atoms with Gasteiger partial charge >= 0.3 is 0 Å². The van der Waals surface area contributed by atoms with Crippen molar-refractivity contribution >= 4 is 11.8 Å². The number of carbonyl (C=O) groups excluding carboxylic acids is 2. The van der Waals surface area contributed by atoms with E-state index in [1.807, 2.05) is 0 Å². The molecule has 0 radical (unpaired) electrons. The zero-order valence-corrected chi connectivity index (χ0v) is 15.5. The molecule has 1 saturated heterocycles. The van der Waals surface area contributed by atoms with Crippen LogP contribution in [0.15, 0.2) is 42.5 Å². The van der Waals surface area contributed by atoms with Gasteiger partial charge in [-0.1, -0.05) is 24.3 Å². The third-order valence-corrected chi connectivity index (χ3v) is 4.45. The molecule has 0 spiro atoms. The van der Waals surface area contributed by atoms with Crippen LogP contribution in [0.25, 0.3) is 0 Å². The molecule has 3 rings (SSSR count). The molecule has 0 aliphatic carbocycles. The average molecular weight is 388 g/mol. The summed E-state index contributed by atoms with van der Waals surface area (Å²) in [6.07, 6.45) is -0.970. The molecule has 1 aliphatic rings. The standard InChI is InChI=1S/C20H21FN2O5/c1-26-15-8-7-12(9-16(15)27-2)18-19(28-11-17(24)23-18)20(25)22-10-13-5-3-4-6-14(13)21/h3-9,18-19H,10-11H2,1-2H3,(H,22,25)(H,23,24)/t18-,19+/m1/s1. The number of benzene rings is 2. The highest BCUT2D eigenvalue weighted by molar-refractivity contribution is 5.86. The van der Waals surface area contributed by atoms with Gasteiger partial charge in [0, 0.05) is 12.1 Å². The Kier molecular flexibility index (Phi) is 6.10. The van der Waals surface area contributed by atoms with Crippen LogP contribution in [-0.2, 0) is 20.9 Å². The third kappa shape index (κ3) is 4.23. The Morgan fingerprint density at radius 3 is 2.68 bits per heavy atom. The highest BCUT2D eigenvalue weighted by Gasteiger charge is 2.36. The van der Waals surface area contributed by atoms with Crippen molar-refractivity contribution in [1.82, 2.24) is 10.6 Å². The Balaban J connectivity index is 1.79. The number of ether oxygens (including phenoxy) is 3. The van der Waals surface area contributed by atoms with Crippen LogP contribution in [-0.4, -0.2) is 38.7 Å². The Bertz CT molecular complexity index is 873. The Morgan fingerprint density at radius 2 is 1.96 bits per heavy atom. The maximum absolute atomic E-state index is 13.8. The summed E-state index contributed by atoms with van der Waals surface area (Å²) in [7, 11) is 3.01. The Morgan fingerprint density at radius 1 is 1.21 bits per heavy atom. The van der Waals surface area contributed by atoms with Gasteiger partial charge in [0.2, 0.25) is 5.91 Å². The normalized spacial score (nSPS) is 18.9. The fourth-order valence-electron chi connectivity index (χ4n) is 3.01. The van der Waals surface area contributed by atoms with E-state index in [0.717, 1.165) is 0 Å². The van der Waals surface area contributed by atoms with E-state index in [2.05, 4.69) is 10.6 Å². The van der Waals surface area contributed by atoms with Crippen molar-refractivity contribution in [3.8, 4) is 11.5 Å². The van der Waals surface area contributed by atoms with Gasteiger partial charge in [0.1, 0.15) is 12.4 Å². The van der Waals surface area contributed by atoms with E-state index in [-0.39, 0.29) is 19.1 Å². The summed E-state index contributed by atoms with van der Waals surface area (Å²) >= 11 is 0. The highest BCUT2D eigenvalue weighted by Crippen LogP contribution is 2.32. The van der Waals surface area contributed by atoms with Gasteiger partial charge in [-0.05, 0) is 23.8 Å². The van der Waals surface area contributed by atoms with Gasteiger partial charge in [0.25, 0.3) is 5.91 Å². The molecule has 8 heteroatoms. The SMILES string of the molecule is COc1ccc([C@H]2NC(=O)CO[C@@H]2C(=O)NCc2ccccc2F)cc1OC. The zero-order chi connectivity index (χ0) is 20.1. The third-order valence-electron chi connectivity index (χ3n) is 4.45. The van der Waals surface area contributed by atoms with Crippen molar-refractivity contribution in [2.24, 2.45) is 0 Å². The second-order valence-electron chi connectivity index (χ2n) is 6.20. The van der Waals surface area contributed by atoms with Crippen molar-refractivity contribution in [2.75, 3.05) is 20.8 Å². The maximum atomic E-state index is 13.8. The smallest absolute Gasteiger partial charge is 0.251 e. The predicted molar refractivity (Wildman–Crippen MR) is 98.4 cm³/mol. The van der Waals surface area contributed by atoms with Gasteiger partial charge in [-0.25, -0.2) is 4.39 Å². The van der Waals surface area contributed by atoms with Gasteiger partial charge in [0.15, 0.2) is 17.6 Å². The lowest BCUT2D eigenvalue weighted by Gasteiger charge is -2.32. The van der Waals surface area contributed by atoms with E-state index in [0.29, 0.717) is 22.6 Å². The fourth-order valence-corrected chi connectivity index (χ4v) is 3.01. The molecule has 2 aromatic rings. The summed E-state index contributed by atoms with van der Waals surface area (Å²) in [6.45, 7) is -0.223. The summed E-state index contributed by atoms with van der Waals surface area (Å²) in [4.78, 5) is 24.5. The number of methoxy groups -OCH3 is 2. The first-order valence-electron chi connectivity index (χ1n) is 8.67. The predicted octanol–water partition coefficient (Wildman–Crippen LogP) is 1.72. The molecule has 2 N–H and O–H groups in total. The summed E-state index contributed by atoms with van der Waals surface area (Å²) < 4.78 is 29.7. The van der Waals surface area contributed by atoms with Crippen molar-refractivity contribution in [3.63, 3.8) is 0 Å². The van der Waals surface area contributed by atoms with E-state index in [1.54, 1.807) is 36.4 Å². The molecule has 2 amide bonds. The summed E-state index contributed by atoms with van der Waals surface area (Å²) in [5.74, 6) is -0.210. The minimum atomic E-state index is -0.970. The van der Waals surface area contributed by atoms with Crippen LogP contribution in [0.3, 0.4) is 0 Å². The second kappa shape index (κ2) is 8.71. The zero-order valence-electron chi connectivity index (χ0n) is 15.5. The lowest BCUT2D eigenvalue weighted by Crippen LogP contribution is -2.52. The van der Waals surface area contributed by atoms with Crippen molar-refractivity contribution in [1.29, 1.82) is 0 Å². The van der Waals surface area contributed by atoms with Crippen LogP contribution in [0.1, 0.15) is 17.2 Å². The molecule has 1 fully saturated rings. The Labute approximate surface area is 161 Å². The number of carbonyl (C=O) groups is 2. The molecule has 2 aromatic carbocycles. The van der Waals surface area contributed by atoms with Gasteiger partial charge < -0.3 is 24.8 Å². The number of morpholine rings is 1. The molecule has 0 unspecified atom stereocenters. The molecule has 1 aliphatic heterocycles. The van der Waals surface area contributed by atoms with E-state index in [1.165, 1.54) is 20.3 Å². The van der Waals surface area contributed by atoms with Crippen molar-refractivity contribution < 1.29 is 28.2 Å². The highest BCUT2D eigenvalue weighted by atomic mass is 19.1. The molecular weight excluding hydrogens is 367 g/mol. The molecule has 0 bridgehead atoms. The first kappa shape index (κ1) is 19.6. The molecule has 1 heterocycles. The van der Waals surface area contributed by atoms with Gasteiger partial charge in [-0.2, -0.15) is 0 Å². The minimum absolute atomic E-state index is 0.0119. The monoisotopic (exact) mass is 388 g/mol. The largest absolute Gasteiger partial charge is 0.493 e.